The third kappa shape index (κ3) is 2.52. The Bertz CT molecular complexity index is 278. The summed E-state index contributed by atoms with van der Waals surface area (Å²) in [6.45, 7) is 0. The minimum absolute atomic E-state index is 0.673. The predicted octanol–water partition coefficient (Wildman–Crippen LogP) is 1.96. The van der Waals surface area contributed by atoms with Crippen LogP contribution in [-0.2, 0) is 5.75 Å². The number of aromatic nitrogens is 1. The molecule has 72 valence electrons. The molecule has 4 heteroatoms. The molecule has 0 aliphatic rings. The highest BCUT2D eigenvalue weighted by Gasteiger charge is 2.04. The summed E-state index contributed by atoms with van der Waals surface area (Å²) >= 11 is 1.73. The molecule has 0 bridgehead atoms. The van der Waals surface area contributed by atoms with Gasteiger partial charge in [0.25, 0.3) is 0 Å². The number of methoxy groups -OCH3 is 2. The van der Waals surface area contributed by atoms with Crippen molar-refractivity contribution in [3.05, 3.63) is 18.0 Å². The van der Waals surface area contributed by atoms with Gasteiger partial charge in [-0.3, -0.25) is 4.98 Å². The first-order valence-electron chi connectivity index (χ1n) is 3.87. The molecule has 0 fully saturated rings. The van der Waals surface area contributed by atoms with Crippen molar-refractivity contribution in [2.24, 2.45) is 0 Å². The fraction of sp³-hybridized carbons (Fsp3) is 0.444. The van der Waals surface area contributed by atoms with Gasteiger partial charge in [-0.05, 0) is 6.26 Å². The number of rotatable bonds is 4. The van der Waals surface area contributed by atoms with Crippen molar-refractivity contribution in [2.75, 3.05) is 20.5 Å². The maximum absolute atomic E-state index is 5.15. The Morgan fingerprint density at radius 3 is 2.54 bits per heavy atom. The molecule has 0 spiro atoms. The summed E-state index contributed by atoms with van der Waals surface area (Å²) in [5.41, 5.74) is 1.00. The van der Waals surface area contributed by atoms with Crippen molar-refractivity contribution in [1.82, 2.24) is 4.98 Å². The lowest BCUT2D eigenvalue weighted by molar-refractivity contribution is 0.353. The zero-order chi connectivity index (χ0) is 9.68. The molecule has 0 radical (unpaired) electrons. The minimum atomic E-state index is 0.673. The first kappa shape index (κ1) is 10.2. The second-order valence-electron chi connectivity index (χ2n) is 2.46. The Morgan fingerprint density at radius 2 is 2.00 bits per heavy atom. The Morgan fingerprint density at radius 1 is 1.31 bits per heavy atom. The molecular formula is C9H13NO2S. The molecule has 0 aromatic carbocycles. The van der Waals surface area contributed by atoms with Crippen LogP contribution in [0.5, 0.6) is 11.5 Å². The third-order valence-corrected chi connectivity index (χ3v) is 2.20. The second-order valence-corrected chi connectivity index (χ2v) is 3.33. The number of pyridine rings is 1. The summed E-state index contributed by atoms with van der Waals surface area (Å²) in [6, 6.07) is 1.90. The molecule has 1 aromatic rings. The summed E-state index contributed by atoms with van der Waals surface area (Å²) in [7, 11) is 3.23. The van der Waals surface area contributed by atoms with Gasteiger partial charge in [0, 0.05) is 11.8 Å². The standard InChI is InChI=1S/C9H13NO2S/c1-11-8-4-7(6-13-3)10-5-9(8)12-2/h4-5H,6H2,1-3H3. The maximum atomic E-state index is 5.15. The first-order chi connectivity index (χ1) is 6.31. The normalized spacial score (nSPS) is 9.77. The highest BCUT2D eigenvalue weighted by atomic mass is 32.2. The smallest absolute Gasteiger partial charge is 0.179 e. The molecule has 3 nitrogen and oxygen atoms in total. The van der Waals surface area contributed by atoms with Gasteiger partial charge >= 0.3 is 0 Å². The topological polar surface area (TPSA) is 31.4 Å². The van der Waals surface area contributed by atoms with E-state index >= 15 is 0 Å². The van der Waals surface area contributed by atoms with Crippen LogP contribution in [0.1, 0.15) is 5.69 Å². The van der Waals surface area contributed by atoms with E-state index in [9.17, 15) is 0 Å². The van der Waals surface area contributed by atoms with E-state index in [0.29, 0.717) is 5.75 Å². The third-order valence-electron chi connectivity index (χ3n) is 1.62. The van der Waals surface area contributed by atoms with Crippen LogP contribution in [0.3, 0.4) is 0 Å². The quantitative estimate of drug-likeness (QED) is 0.742. The Kier molecular flexibility index (Phi) is 3.89. The fourth-order valence-electron chi connectivity index (χ4n) is 1.00. The number of thioether (sulfide) groups is 1. The van der Waals surface area contributed by atoms with Crippen LogP contribution in [-0.4, -0.2) is 25.5 Å². The van der Waals surface area contributed by atoms with E-state index in [1.54, 1.807) is 32.2 Å². The van der Waals surface area contributed by atoms with Gasteiger partial charge in [0.05, 0.1) is 26.1 Å². The van der Waals surface area contributed by atoms with Gasteiger partial charge in [0.1, 0.15) is 0 Å². The molecule has 0 aliphatic heterocycles. The van der Waals surface area contributed by atoms with Gasteiger partial charge in [0.2, 0.25) is 0 Å². The van der Waals surface area contributed by atoms with E-state index < -0.39 is 0 Å². The zero-order valence-electron chi connectivity index (χ0n) is 8.03. The van der Waals surface area contributed by atoms with Crippen molar-refractivity contribution in [1.29, 1.82) is 0 Å². The van der Waals surface area contributed by atoms with Gasteiger partial charge in [-0.1, -0.05) is 0 Å². The SMILES string of the molecule is COc1cnc(CSC)cc1OC. The molecule has 0 atom stereocenters. The molecule has 0 N–H and O–H groups in total. The average molecular weight is 199 g/mol. The van der Waals surface area contributed by atoms with E-state index in [4.69, 9.17) is 9.47 Å². The van der Waals surface area contributed by atoms with Gasteiger partial charge in [-0.2, -0.15) is 11.8 Å². The predicted molar refractivity (Wildman–Crippen MR) is 54.6 cm³/mol. The number of hydrogen-bond donors (Lipinski definition) is 0. The molecule has 1 heterocycles. The van der Waals surface area contributed by atoms with Gasteiger partial charge < -0.3 is 9.47 Å². The largest absolute Gasteiger partial charge is 0.493 e. The molecular weight excluding hydrogens is 186 g/mol. The molecule has 1 aromatic heterocycles. The summed E-state index contributed by atoms with van der Waals surface area (Å²) < 4.78 is 10.2. The Labute approximate surface area is 82.5 Å². The minimum Gasteiger partial charge on any atom is -0.493 e. The van der Waals surface area contributed by atoms with Crippen molar-refractivity contribution in [3.8, 4) is 11.5 Å². The zero-order valence-corrected chi connectivity index (χ0v) is 8.85. The van der Waals surface area contributed by atoms with E-state index in [1.807, 2.05) is 12.3 Å². The molecule has 0 saturated carbocycles. The molecule has 0 aliphatic carbocycles. The first-order valence-corrected chi connectivity index (χ1v) is 5.27. The number of nitrogens with zero attached hydrogens (tertiary/aromatic N) is 1. The lowest BCUT2D eigenvalue weighted by atomic mass is 10.3. The molecule has 0 amide bonds. The molecule has 0 saturated heterocycles. The van der Waals surface area contributed by atoms with Gasteiger partial charge in [0.15, 0.2) is 11.5 Å². The van der Waals surface area contributed by atoms with Crippen molar-refractivity contribution >= 4 is 11.8 Å². The van der Waals surface area contributed by atoms with Crippen LogP contribution in [0, 0.1) is 0 Å². The Hall–Kier alpha value is -0.900. The monoisotopic (exact) mass is 199 g/mol. The number of hydrogen-bond acceptors (Lipinski definition) is 4. The van der Waals surface area contributed by atoms with E-state index in [0.717, 1.165) is 17.2 Å². The van der Waals surface area contributed by atoms with Crippen molar-refractivity contribution in [2.45, 2.75) is 5.75 Å². The summed E-state index contributed by atoms with van der Waals surface area (Å²) in [6.07, 6.45) is 3.72. The average Bonchev–Trinajstić information content (AvgIpc) is 2.18. The van der Waals surface area contributed by atoms with Crippen molar-refractivity contribution < 1.29 is 9.47 Å². The summed E-state index contributed by atoms with van der Waals surface area (Å²) in [5, 5.41) is 0. The van der Waals surface area contributed by atoms with Crippen LogP contribution in [0.25, 0.3) is 0 Å². The highest BCUT2D eigenvalue weighted by molar-refractivity contribution is 7.97. The van der Waals surface area contributed by atoms with Crippen LogP contribution >= 0.6 is 11.8 Å². The number of ether oxygens (including phenoxy) is 2. The maximum Gasteiger partial charge on any atom is 0.179 e. The summed E-state index contributed by atoms with van der Waals surface area (Å²) in [5.74, 6) is 2.30. The second kappa shape index (κ2) is 4.97. The fourth-order valence-corrected chi connectivity index (χ4v) is 1.46. The van der Waals surface area contributed by atoms with Gasteiger partial charge in [-0.25, -0.2) is 0 Å². The van der Waals surface area contributed by atoms with Crippen molar-refractivity contribution in [3.63, 3.8) is 0 Å². The van der Waals surface area contributed by atoms with E-state index in [1.165, 1.54) is 0 Å². The van der Waals surface area contributed by atoms with Crippen LogP contribution < -0.4 is 9.47 Å². The highest BCUT2D eigenvalue weighted by Crippen LogP contribution is 2.26. The molecule has 13 heavy (non-hydrogen) atoms. The van der Waals surface area contributed by atoms with Crippen LogP contribution in [0.4, 0.5) is 0 Å². The Balaban J connectivity index is 2.91. The van der Waals surface area contributed by atoms with E-state index in [-0.39, 0.29) is 0 Å². The summed E-state index contributed by atoms with van der Waals surface area (Å²) in [4.78, 5) is 4.22. The van der Waals surface area contributed by atoms with Gasteiger partial charge in [-0.15, -0.1) is 0 Å². The lowest BCUT2D eigenvalue weighted by Gasteiger charge is -2.07. The lowest BCUT2D eigenvalue weighted by Crippen LogP contribution is -1.94. The molecule has 0 unspecified atom stereocenters. The van der Waals surface area contributed by atoms with Crippen LogP contribution in [0.15, 0.2) is 12.3 Å². The molecule has 1 rings (SSSR count). The van der Waals surface area contributed by atoms with Crippen LogP contribution in [0.2, 0.25) is 0 Å². The van der Waals surface area contributed by atoms with E-state index in [2.05, 4.69) is 4.98 Å².